The van der Waals surface area contributed by atoms with Gasteiger partial charge in [0.15, 0.2) is 23.6 Å². The second-order valence-electron chi connectivity index (χ2n) is 8.41. The summed E-state index contributed by atoms with van der Waals surface area (Å²) in [6.45, 7) is 5.00. The number of fused-ring (bicyclic) bond motifs is 2. The van der Waals surface area contributed by atoms with Crippen molar-refractivity contribution in [3.63, 3.8) is 0 Å². The third-order valence-electron chi connectivity index (χ3n) is 5.82. The Labute approximate surface area is 181 Å². The SMILES string of the molecule is CC1(C)OC2[C@H](n3ccc4c(Cl)ncnc43)O[C@H]([C@@](C)(O)c3ccc(F)c(F)c3)[C@H]2O1. The third kappa shape index (κ3) is 3.23. The zero-order valence-corrected chi connectivity index (χ0v) is 17.7. The number of benzene rings is 1. The summed E-state index contributed by atoms with van der Waals surface area (Å²) in [4.78, 5) is 8.29. The highest BCUT2D eigenvalue weighted by Crippen LogP contribution is 2.48. The van der Waals surface area contributed by atoms with E-state index in [0.717, 1.165) is 12.1 Å². The smallest absolute Gasteiger partial charge is 0.164 e. The van der Waals surface area contributed by atoms with E-state index in [2.05, 4.69) is 9.97 Å². The van der Waals surface area contributed by atoms with Crippen LogP contribution in [-0.2, 0) is 19.8 Å². The summed E-state index contributed by atoms with van der Waals surface area (Å²) in [5.41, 5.74) is -1.01. The molecule has 5 atom stereocenters. The van der Waals surface area contributed by atoms with Gasteiger partial charge in [-0.1, -0.05) is 17.7 Å². The number of hydrogen-bond donors (Lipinski definition) is 1. The quantitative estimate of drug-likeness (QED) is 0.612. The molecule has 2 aliphatic heterocycles. The molecule has 2 aliphatic rings. The Morgan fingerprint density at radius 3 is 2.61 bits per heavy atom. The van der Waals surface area contributed by atoms with Gasteiger partial charge in [-0.25, -0.2) is 18.7 Å². The predicted molar refractivity (Wildman–Crippen MR) is 106 cm³/mol. The van der Waals surface area contributed by atoms with Gasteiger partial charge < -0.3 is 23.9 Å². The van der Waals surface area contributed by atoms with Crippen molar-refractivity contribution in [1.82, 2.24) is 14.5 Å². The van der Waals surface area contributed by atoms with Crippen molar-refractivity contribution in [2.45, 2.75) is 56.7 Å². The Hall–Kier alpha value is -2.17. The zero-order chi connectivity index (χ0) is 22.1. The molecule has 4 heterocycles. The van der Waals surface area contributed by atoms with E-state index >= 15 is 0 Å². The van der Waals surface area contributed by atoms with E-state index in [-0.39, 0.29) is 5.56 Å². The molecule has 0 spiro atoms. The van der Waals surface area contributed by atoms with Crippen LogP contribution in [0.15, 0.2) is 36.8 Å². The molecule has 1 N–H and O–H groups in total. The average molecular weight is 452 g/mol. The highest BCUT2D eigenvalue weighted by molar-refractivity contribution is 6.33. The zero-order valence-electron chi connectivity index (χ0n) is 16.9. The van der Waals surface area contributed by atoms with E-state index in [1.54, 1.807) is 30.7 Å². The summed E-state index contributed by atoms with van der Waals surface area (Å²) in [6.07, 6.45) is 0.161. The summed E-state index contributed by atoms with van der Waals surface area (Å²) in [5, 5.41) is 12.3. The molecule has 0 bridgehead atoms. The van der Waals surface area contributed by atoms with Crippen LogP contribution in [0.4, 0.5) is 8.78 Å². The molecule has 0 amide bonds. The molecule has 3 aromatic rings. The Kier molecular flexibility index (Phi) is 4.62. The van der Waals surface area contributed by atoms with Crippen LogP contribution in [0.1, 0.15) is 32.6 Å². The molecule has 1 aromatic carbocycles. The van der Waals surface area contributed by atoms with Crippen LogP contribution in [0.2, 0.25) is 5.15 Å². The minimum atomic E-state index is -1.70. The van der Waals surface area contributed by atoms with Crippen LogP contribution in [0.5, 0.6) is 0 Å². The van der Waals surface area contributed by atoms with Crippen molar-refractivity contribution in [1.29, 1.82) is 0 Å². The minimum Gasteiger partial charge on any atom is -0.383 e. The summed E-state index contributed by atoms with van der Waals surface area (Å²) < 4.78 is 47.5. The molecule has 2 aromatic heterocycles. The van der Waals surface area contributed by atoms with Gasteiger partial charge in [0.2, 0.25) is 0 Å². The highest BCUT2D eigenvalue weighted by atomic mass is 35.5. The molecular formula is C21H20ClF2N3O4. The predicted octanol–water partition coefficient (Wildman–Crippen LogP) is 3.69. The van der Waals surface area contributed by atoms with Gasteiger partial charge in [0.1, 0.15) is 41.0 Å². The summed E-state index contributed by atoms with van der Waals surface area (Å²) in [5.74, 6) is -3.00. The molecule has 31 heavy (non-hydrogen) atoms. The third-order valence-corrected chi connectivity index (χ3v) is 6.12. The molecule has 0 aliphatic carbocycles. The summed E-state index contributed by atoms with van der Waals surface area (Å²) in [7, 11) is 0. The number of nitrogens with zero attached hydrogens (tertiary/aromatic N) is 3. The van der Waals surface area contributed by atoms with Crippen molar-refractivity contribution in [2.75, 3.05) is 0 Å². The maximum Gasteiger partial charge on any atom is 0.164 e. The topological polar surface area (TPSA) is 78.6 Å². The Morgan fingerprint density at radius 2 is 1.87 bits per heavy atom. The van der Waals surface area contributed by atoms with E-state index in [4.69, 9.17) is 25.8 Å². The summed E-state index contributed by atoms with van der Waals surface area (Å²) >= 11 is 6.18. The highest BCUT2D eigenvalue weighted by Gasteiger charge is 2.60. The van der Waals surface area contributed by atoms with Crippen LogP contribution in [-0.4, -0.2) is 43.7 Å². The van der Waals surface area contributed by atoms with Crippen molar-refractivity contribution >= 4 is 22.6 Å². The minimum absolute atomic E-state index is 0.159. The lowest BCUT2D eigenvalue weighted by Crippen LogP contribution is -2.45. The molecule has 0 saturated carbocycles. The monoisotopic (exact) mass is 451 g/mol. The van der Waals surface area contributed by atoms with E-state index < -0.39 is 47.6 Å². The molecule has 1 unspecified atom stereocenters. The lowest BCUT2D eigenvalue weighted by Gasteiger charge is -2.34. The van der Waals surface area contributed by atoms with Gasteiger partial charge in [0.05, 0.1) is 5.39 Å². The number of halogens is 3. The first kappa shape index (κ1) is 20.7. The van der Waals surface area contributed by atoms with Gasteiger partial charge in [-0.3, -0.25) is 0 Å². The molecule has 5 rings (SSSR count). The first-order chi connectivity index (χ1) is 14.6. The second-order valence-corrected chi connectivity index (χ2v) is 8.77. The molecule has 7 nitrogen and oxygen atoms in total. The number of ether oxygens (including phenoxy) is 3. The standard InChI is InChI=1S/C21H20ClF2N3O4/c1-20(2)30-14-15(31-20)19(27-7-6-11-17(22)25-9-26-18(11)27)29-16(14)21(3,28)10-4-5-12(23)13(24)8-10/h4-9,14-16,19,28H,1-3H3/t14-,15?,16-,19+,21-/m0/s1. The van der Waals surface area contributed by atoms with Crippen LogP contribution < -0.4 is 0 Å². The second kappa shape index (κ2) is 6.91. The van der Waals surface area contributed by atoms with Gasteiger partial charge in [-0.05, 0) is 44.5 Å². The fourth-order valence-electron chi connectivity index (χ4n) is 4.37. The van der Waals surface area contributed by atoms with Crippen molar-refractivity contribution in [3.05, 3.63) is 59.1 Å². The van der Waals surface area contributed by atoms with E-state index in [9.17, 15) is 13.9 Å². The maximum absolute atomic E-state index is 13.9. The number of hydrogen-bond acceptors (Lipinski definition) is 6. The van der Waals surface area contributed by atoms with E-state index in [0.29, 0.717) is 16.2 Å². The van der Waals surface area contributed by atoms with Gasteiger partial charge in [-0.15, -0.1) is 0 Å². The van der Waals surface area contributed by atoms with Gasteiger partial charge in [-0.2, -0.15) is 0 Å². The van der Waals surface area contributed by atoms with Crippen molar-refractivity contribution in [2.24, 2.45) is 0 Å². The van der Waals surface area contributed by atoms with E-state index in [1.165, 1.54) is 19.3 Å². The maximum atomic E-state index is 13.9. The first-order valence-corrected chi connectivity index (χ1v) is 10.1. The molecule has 2 saturated heterocycles. The molecule has 0 radical (unpaired) electrons. The Morgan fingerprint density at radius 1 is 1.13 bits per heavy atom. The normalized spacial score (nSPS) is 29.3. The lowest BCUT2D eigenvalue weighted by atomic mass is 9.86. The lowest BCUT2D eigenvalue weighted by molar-refractivity contribution is -0.221. The van der Waals surface area contributed by atoms with Crippen molar-refractivity contribution < 1.29 is 28.1 Å². The van der Waals surface area contributed by atoms with Crippen LogP contribution in [0, 0.1) is 11.6 Å². The number of aromatic nitrogens is 3. The van der Waals surface area contributed by atoms with Gasteiger partial charge in [0, 0.05) is 6.20 Å². The average Bonchev–Trinajstić information content (AvgIpc) is 3.35. The Balaban J connectivity index is 1.58. The number of aliphatic hydroxyl groups is 1. The first-order valence-electron chi connectivity index (χ1n) is 9.74. The molecular weight excluding hydrogens is 432 g/mol. The fourth-order valence-corrected chi connectivity index (χ4v) is 4.56. The molecule has 164 valence electrons. The number of rotatable bonds is 3. The van der Waals surface area contributed by atoms with Crippen LogP contribution >= 0.6 is 11.6 Å². The van der Waals surface area contributed by atoms with Gasteiger partial charge in [0.25, 0.3) is 0 Å². The van der Waals surface area contributed by atoms with Crippen LogP contribution in [0.3, 0.4) is 0 Å². The van der Waals surface area contributed by atoms with Gasteiger partial charge >= 0.3 is 0 Å². The Bertz CT molecular complexity index is 1170. The molecule has 10 heteroatoms. The van der Waals surface area contributed by atoms with Crippen LogP contribution in [0.25, 0.3) is 11.0 Å². The summed E-state index contributed by atoms with van der Waals surface area (Å²) in [6, 6.07) is 5.01. The van der Waals surface area contributed by atoms with Crippen molar-refractivity contribution in [3.8, 4) is 0 Å². The largest absolute Gasteiger partial charge is 0.383 e. The fraction of sp³-hybridized carbons (Fsp3) is 0.429. The molecule has 2 fully saturated rings. The van der Waals surface area contributed by atoms with E-state index in [1.807, 2.05) is 0 Å².